The molecule has 0 aliphatic carbocycles. The van der Waals surface area contributed by atoms with Crippen LogP contribution in [0.15, 0.2) is 23.8 Å². The molecule has 1 N–H and O–H groups in total. The molecule has 0 fully saturated rings. The smallest absolute Gasteiger partial charge is 0.145 e. The molecule has 0 radical (unpaired) electrons. The Morgan fingerprint density at radius 1 is 1.38 bits per heavy atom. The maximum atomic E-state index is 4.55. The van der Waals surface area contributed by atoms with Gasteiger partial charge in [-0.2, -0.15) is 0 Å². The summed E-state index contributed by atoms with van der Waals surface area (Å²) >= 11 is 1.70. The van der Waals surface area contributed by atoms with Gasteiger partial charge in [0.1, 0.15) is 11.5 Å². The van der Waals surface area contributed by atoms with E-state index < -0.39 is 0 Å². The van der Waals surface area contributed by atoms with Gasteiger partial charge in [0.05, 0.1) is 17.3 Å². The third kappa shape index (κ3) is 2.39. The molecule has 84 valence electrons. The molecular weight excluding hydrogens is 218 g/mol. The number of nitrogens with one attached hydrogen (secondary N) is 1. The van der Waals surface area contributed by atoms with Gasteiger partial charge in [-0.05, 0) is 30.4 Å². The van der Waals surface area contributed by atoms with Crippen molar-refractivity contribution < 1.29 is 0 Å². The molecule has 0 atom stereocenters. The molecule has 0 aromatic carbocycles. The third-order valence-corrected chi connectivity index (χ3v) is 3.32. The van der Waals surface area contributed by atoms with Crippen molar-refractivity contribution in [3.63, 3.8) is 0 Å². The SMILES string of the molecule is CCCNc1cncc(-c2sccc2C)n1. The van der Waals surface area contributed by atoms with E-state index in [0.29, 0.717) is 0 Å². The van der Waals surface area contributed by atoms with E-state index in [-0.39, 0.29) is 0 Å². The van der Waals surface area contributed by atoms with Gasteiger partial charge in [0.15, 0.2) is 0 Å². The Kier molecular flexibility index (Phi) is 3.51. The molecule has 0 bridgehead atoms. The lowest BCUT2D eigenvalue weighted by Crippen LogP contribution is -2.02. The Balaban J connectivity index is 2.26. The second kappa shape index (κ2) is 5.07. The molecule has 2 heterocycles. The fourth-order valence-corrected chi connectivity index (χ4v) is 2.33. The summed E-state index contributed by atoms with van der Waals surface area (Å²) in [6, 6.07) is 2.10. The molecule has 2 aromatic rings. The van der Waals surface area contributed by atoms with E-state index in [9.17, 15) is 0 Å². The van der Waals surface area contributed by atoms with Crippen molar-refractivity contribution in [2.45, 2.75) is 20.3 Å². The van der Waals surface area contributed by atoms with Crippen LogP contribution < -0.4 is 5.32 Å². The Bertz CT molecular complexity index is 465. The van der Waals surface area contributed by atoms with Crippen molar-refractivity contribution in [1.82, 2.24) is 9.97 Å². The molecule has 16 heavy (non-hydrogen) atoms. The number of aromatic nitrogens is 2. The van der Waals surface area contributed by atoms with E-state index in [1.54, 1.807) is 17.5 Å². The summed E-state index contributed by atoms with van der Waals surface area (Å²) in [7, 11) is 0. The van der Waals surface area contributed by atoms with Crippen LogP contribution in [0, 0.1) is 6.92 Å². The minimum atomic E-state index is 0.854. The van der Waals surface area contributed by atoms with E-state index in [0.717, 1.165) is 24.5 Å². The fourth-order valence-electron chi connectivity index (χ4n) is 1.45. The highest BCUT2D eigenvalue weighted by molar-refractivity contribution is 7.13. The first kappa shape index (κ1) is 11.1. The highest BCUT2D eigenvalue weighted by Crippen LogP contribution is 2.27. The summed E-state index contributed by atoms with van der Waals surface area (Å²) in [5.74, 6) is 0.854. The van der Waals surface area contributed by atoms with E-state index in [1.807, 2.05) is 6.20 Å². The molecule has 0 unspecified atom stereocenters. The first-order valence-corrected chi connectivity index (χ1v) is 6.29. The van der Waals surface area contributed by atoms with E-state index in [1.165, 1.54) is 10.4 Å². The Morgan fingerprint density at radius 3 is 2.94 bits per heavy atom. The predicted molar refractivity (Wildman–Crippen MR) is 68.9 cm³/mol. The Morgan fingerprint density at radius 2 is 2.25 bits per heavy atom. The van der Waals surface area contributed by atoms with Crippen LogP contribution in [0.5, 0.6) is 0 Å². The van der Waals surface area contributed by atoms with Crippen LogP contribution in [0.3, 0.4) is 0 Å². The van der Waals surface area contributed by atoms with Gasteiger partial charge in [-0.1, -0.05) is 6.92 Å². The van der Waals surface area contributed by atoms with Crippen molar-refractivity contribution in [1.29, 1.82) is 0 Å². The maximum absolute atomic E-state index is 4.55. The maximum Gasteiger partial charge on any atom is 0.145 e. The highest BCUT2D eigenvalue weighted by Gasteiger charge is 2.05. The summed E-state index contributed by atoms with van der Waals surface area (Å²) in [6.45, 7) is 5.16. The van der Waals surface area contributed by atoms with Gasteiger partial charge in [-0.3, -0.25) is 4.98 Å². The molecule has 0 aliphatic rings. The lowest BCUT2D eigenvalue weighted by molar-refractivity contribution is 0.965. The molecule has 0 spiro atoms. The Labute approximate surface area is 99.6 Å². The second-order valence-corrected chi connectivity index (χ2v) is 4.57. The molecule has 2 aromatic heterocycles. The van der Waals surface area contributed by atoms with Gasteiger partial charge in [-0.25, -0.2) is 4.98 Å². The first-order valence-electron chi connectivity index (χ1n) is 5.41. The highest BCUT2D eigenvalue weighted by atomic mass is 32.1. The number of anilines is 1. The van der Waals surface area contributed by atoms with Gasteiger partial charge in [0, 0.05) is 6.54 Å². The molecule has 0 saturated carbocycles. The zero-order valence-electron chi connectivity index (χ0n) is 9.53. The summed E-state index contributed by atoms with van der Waals surface area (Å²) in [5.41, 5.74) is 2.21. The van der Waals surface area contributed by atoms with Crippen LogP contribution in [-0.2, 0) is 0 Å². The third-order valence-electron chi connectivity index (χ3n) is 2.29. The van der Waals surface area contributed by atoms with Crippen LogP contribution in [0.25, 0.3) is 10.6 Å². The number of rotatable bonds is 4. The summed E-state index contributed by atoms with van der Waals surface area (Å²) in [5, 5.41) is 5.33. The lowest BCUT2D eigenvalue weighted by atomic mass is 10.2. The first-order chi connectivity index (χ1) is 7.81. The van der Waals surface area contributed by atoms with Crippen LogP contribution >= 0.6 is 11.3 Å². The van der Waals surface area contributed by atoms with Gasteiger partial charge in [0.25, 0.3) is 0 Å². The average molecular weight is 233 g/mol. The zero-order valence-corrected chi connectivity index (χ0v) is 10.3. The van der Waals surface area contributed by atoms with E-state index >= 15 is 0 Å². The average Bonchev–Trinajstić information content (AvgIpc) is 2.73. The lowest BCUT2D eigenvalue weighted by Gasteiger charge is -2.05. The van der Waals surface area contributed by atoms with Gasteiger partial charge in [-0.15, -0.1) is 11.3 Å². The van der Waals surface area contributed by atoms with Crippen molar-refractivity contribution >= 4 is 17.2 Å². The second-order valence-electron chi connectivity index (χ2n) is 3.65. The molecule has 3 nitrogen and oxygen atoms in total. The molecule has 2 rings (SSSR count). The van der Waals surface area contributed by atoms with Crippen molar-refractivity contribution in [3.05, 3.63) is 29.4 Å². The fraction of sp³-hybridized carbons (Fsp3) is 0.333. The summed E-state index contributed by atoms with van der Waals surface area (Å²) in [6.07, 6.45) is 4.67. The number of hydrogen-bond donors (Lipinski definition) is 1. The van der Waals surface area contributed by atoms with Crippen molar-refractivity contribution in [2.24, 2.45) is 0 Å². The molecule has 4 heteroatoms. The van der Waals surface area contributed by atoms with Crippen LogP contribution in [0.2, 0.25) is 0 Å². The zero-order chi connectivity index (χ0) is 11.4. The number of hydrogen-bond acceptors (Lipinski definition) is 4. The molecule has 0 saturated heterocycles. The van der Waals surface area contributed by atoms with Crippen LogP contribution in [-0.4, -0.2) is 16.5 Å². The van der Waals surface area contributed by atoms with Crippen LogP contribution in [0.1, 0.15) is 18.9 Å². The quantitative estimate of drug-likeness (QED) is 0.880. The molecule has 0 aliphatic heterocycles. The minimum absolute atomic E-state index is 0.854. The normalized spacial score (nSPS) is 10.4. The van der Waals surface area contributed by atoms with Crippen molar-refractivity contribution in [3.8, 4) is 10.6 Å². The summed E-state index contributed by atoms with van der Waals surface area (Å²) in [4.78, 5) is 9.97. The molecule has 0 amide bonds. The Hall–Kier alpha value is -1.42. The van der Waals surface area contributed by atoms with Gasteiger partial charge in [0.2, 0.25) is 0 Å². The van der Waals surface area contributed by atoms with E-state index in [2.05, 4.69) is 40.6 Å². The standard InChI is InChI=1S/C12H15N3S/c1-3-5-14-11-8-13-7-10(15-11)12-9(2)4-6-16-12/h4,6-8H,3,5H2,1-2H3,(H,14,15). The van der Waals surface area contributed by atoms with Gasteiger partial charge >= 0.3 is 0 Å². The topological polar surface area (TPSA) is 37.8 Å². The number of thiophene rings is 1. The van der Waals surface area contributed by atoms with E-state index in [4.69, 9.17) is 0 Å². The number of nitrogens with zero attached hydrogens (tertiary/aromatic N) is 2. The van der Waals surface area contributed by atoms with Crippen LogP contribution in [0.4, 0.5) is 5.82 Å². The predicted octanol–water partition coefficient (Wildman–Crippen LogP) is 3.34. The largest absolute Gasteiger partial charge is 0.369 e. The minimum Gasteiger partial charge on any atom is -0.369 e. The number of aryl methyl sites for hydroxylation is 1. The van der Waals surface area contributed by atoms with Gasteiger partial charge < -0.3 is 5.32 Å². The monoisotopic (exact) mass is 233 g/mol. The molecular formula is C12H15N3S. The van der Waals surface area contributed by atoms with Crippen molar-refractivity contribution in [2.75, 3.05) is 11.9 Å². The summed E-state index contributed by atoms with van der Waals surface area (Å²) < 4.78 is 0.